The third-order valence-electron chi connectivity index (χ3n) is 1.49. The largest absolute Gasteiger partial charge is 0.409 e. The minimum atomic E-state index is -6.12. The number of rotatable bonds is 4. The normalized spacial score (nSPS) is 14.6. The first kappa shape index (κ1) is 15.4. The van der Waals surface area contributed by atoms with E-state index in [1.807, 2.05) is 0 Å². The van der Waals surface area contributed by atoms with E-state index in [4.69, 9.17) is 0 Å². The fourth-order valence-corrected chi connectivity index (χ4v) is 0.888. The zero-order chi connectivity index (χ0) is 13.2. The summed E-state index contributed by atoms with van der Waals surface area (Å²) in [6, 6.07) is 0. The highest BCUT2D eigenvalue weighted by Gasteiger charge is 2.69. The number of hydrogen-bond acceptors (Lipinski definition) is 1. The van der Waals surface area contributed by atoms with Gasteiger partial charge in [-0.15, -0.1) is 0 Å². The summed E-state index contributed by atoms with van der Waals surface area (Å²) in [6.45, 7) is 0.377. The predicted octanol–water partition coefficient (Wildman–Crippen LogP) is 3.75. The molecule has 0 aromatic rings. The molecule has 0 saturated heterocycles. The summed E-state index contributed by atoms with van der Waals surface area (Å²) in [5.41, 5.74) is 0. The molecule has 9 heteroatoms. The van der Waals surface area contributed by atoms with Crippen LogP contribution in [0.2, 0.25) is 0 Å². The molecule has 0 fully saturated rings. The molecule has 0 radical (unpaired) electrons. The van der Waals surface area contributed by atoms with Crippen LogP contribution in [-0.4, -0.2) is 25.1 Å². The third-order valence-corrected chi connectivity index (χ3v) is 1.49. The van der Waals surface area contributed by atoms with Gasteiger partial charge in [-0.05, 0) is 6.42 Å². The van der Waals surface area contributed by atoms with Crippen LogP contribution >= 0.6 is 0 Å². The van der Waals surface area contributed by atoms with Crippen molar-refractivity contribution in [1.82, 2.24) is 0 Å². The second kappa shape index (κ2) is 4.72. The average Bonchev–Trinajstić information content (AvgIpc) is 1.93. The Hall–Kier alpha value is -0.600. The van der Waals surface area contributed by atoms with Crippen molar-refractivity contribution < 1.29 is 39.9 Å². The lowest BCUT2D eigenvalue weighted by molar-refractivity contribution is -0.399. The Morgan fingerprint density at radius 1 is 0.875 bits per heavy atom. The van der Waals surface area contributed by atoms with Crippen molar-refractivity contribution >= 4 is 0 Å². The fraction of sp³-hybridized carbons (Fsp3) is 1.00. The molecule has 0 amide bonds. The quantitative estimate of drug-likeness (QED) is 0.699. The van der Waals surface area contributed by atoms with Gasteiger partial charge in [-0.3, -0.25) is 0 Å². The first-order valence-corrected chi connectivity index (χ1v) is 4.08. The van der Waals surface area contributed by atoms with Crippen LogP contribution in [-0.2, 0) is 4.74 Å². The van der Waals surface area contributed by atoms with Gasteiger partial charge in [0.15, 0.2) is 0 Å². The lowest BCUT2D eigenvalue weighted by atomic mass is 10.1. The van der Waals surface area contributed by atoms with Crippen molar-refractivity contribution in [2.45, 2.75) is 31.8 Å². The molecule has 98 valence electrons. The fourth-order valence-electron chi connectivity index (χ4n) is 0.888. The van der Waals surface area contributed by atoms with Crippen LogP contribution in [0.5, 0.6) is 0 Å². The molecule has 0 heterocycles. The van der Waals surface area contributed by atoms with Gasteiger partial charge in [-0.2, -0.15) is 35.1 Å². The maximum atomic E-state index is 12.6. The molecule has 0 bridgehead atoms. The lowest BCUT2D eigenvalue weighted by Gasteiger charge is -2.29. The number of alkyl halides is 8. The zero-order valence-corrected chi connectivity index (χ0v) is 7.92. The molecule has 0 unspecified atom stereocenters. The molecule has 0 aliphatic heterocycles. The molecule has 16 heavy (non-hydrogen) atoms. The summed E-state index contributed by atoms with van der Waals surface area (Å²) in [6.07, 6.45) is -17.7. The Balaban J connectivity index is 5.04. The van der Waals surface area contributed by atoms with Gasteiger partial charge in [-0.1, -0.05) is 6.92 Å². The SMILES string of the molecule is CCCOC(F)(F)C(C(F)(F)F)C(F)(F)F. The highest BCUT2D eigenvalue weighted by molar-refractivity contribution is 4.82. The molecular weight excluding hydrogens is 252 g/mol. The van der Waals surface area contributed by atoms with E-state index in [9.17, 15) is 35.1 Å². The molecule has 0 saturated carbocycles. The van der Waals surface area contributed by atoms with Crippen molar-refractivity contribution in [3.05, 3.63) is 0 Å². The van der Waals surface area contributed by atoms with Crippen molar-refractivity contribution in [1.29, 1.82) is 0 Å². The van der Waals surface area contributed by atoms with Crippen LogP contribution in [0.25, 0.3) is 0 Å². The molecule has 0 N–H and O–H groups in total. The predicted molar refractivity (Wildman–Crippen MR) is 36.8 cm³/mol. The summed E-state index contributed by atoms with van der Waals surface area (Å²) < 4.78 is 99.7. The Kier molecular flexibility index (Phi) is 4.55. The molecule has 1 nitrogen and oxygen atoms in total. The number of hydrogen-bond donors (Lipinski definition) is 0. The van der Waals surface area contributed by atoms with Crippen LogP contribution in [0, 0.1) is 5.92 Å². The van der Waals surface area contributed by atoms with Gasteiger partial charge in [0.05, 0.1) is 6.61 Å². The average molecular weight is 260 g/mol. The van der Waals surface area contributed by atoms with E-state index in [2.05, 4.69) is 4.74 Å². The van der Waals surface area contributed by atoms with Gasteiger partial charge < -0.3 is 4.74 Å². The molecule has 0 rings (SSSR count). The molecule has 0 aromatic heterocycles. The van der Waals surface area contributed by atoms with Gasteiger partial charge >= 0.3 is 18.5 Å². The van der Waals surface area contributed by atoms with Crippen molar-refractivity contribution in [2.75, 3.05) is 6.61 Å². The van der Waals surface area contributed by atoms with Gasteiger partial charge in [0.1, 0.15) is 0 Å². The van der Waals surface area contributed by atoms with Crippen LogP contribution in [0.4, 0.5) is 35.1 Å². The van der Waals surface area contributed by atoms with Crippen molar-refractivity contribution in [3.63, 3.8) is 0 Å². The topological polar surface area (TPSA) is 9.23 Å². The molecular formula is C7H8F8O. The minimum Gasteiger partial charge on any atom is -0.320 e. The van der Waals surface area contributed by atoms with Gasteiger partial charge in [0, 0.05) is 0 Å². The monoisotopic (exact) mass is 260 g/mol. The van der Waals surface area contributed by atoms with Gasteiger partial charge in [-0.25, -0.2) is 0 Å². The van der Waals surface area contributed by atoms with E-state index in [1.165, 1.54) is 6.92 Å². The molecule has 0 aliphatic carbocycles. The van der Waals surface area contributed by atoms with Crippen LogP contribution < -0.4 is 0 Å². The summed E-state index contributed by atoms with van der Waals surface area (Å²) >= 11 is 0. The maximum absolute atomic E-state index is 12.6. The highest BCUT2D eigenvalue weighted by atomic mass is 19.4. The maximum Gasteiger partial charge on any atom is 0.409 e. The molecule has 0 atom stereocenters. The summed E-state index contributed by atoms with van der Waals surface area (Å²) in [4.78, 5) is 0. The first-order chi connectivity index (χ1) is 6.93. The summed E-state index contributed by atoms with van der Waals surface area (Å²) in [5, 5.41) is 0. The van der Waals surface area contributed by atoms with E-state index in [0.717, 1.165) is 0 Å². The van der Waals surface area contributed by atoms with Gasteiger partial charge in [0.2, 0.25) is 5.92 Å². The molecule has 0 spiro atoms. The van der Waals surface area contributed by atoms with E-state index in [0.29, 0.717) is 0 Å². The first-order valence-electron chi connectivity index (χ1n) is 4.08. The van der Waals surface area contributed by atoms with Crippen molar-refractivity contribution in [2.24, 2.45) is 5.92 Å². The van der Waals surface area contributed by atoms with Crippen LogP contribution in [0.15, 0.2) is 0 Å². The van der Waals surface area contributed by atoms with E-state index in [1.54, 1.807) is 0 Å². The minimum absolute atomic E-state index is 0.127. The second-order valence-electron chi connectivity index (χ2n) is 2.93. The summed E-state index contributed by atoms with van der Waals surface area (Å²) in [5.74, 6) is -4.81. The highest BCUT2D eigenvalue weighted by Crippen LogP contribution is 2.48. The van der Waals surface area contributed by atoms with E-state index in [-0.39, 0.29) is 6.42 Å². The summed E-state index contributed by atoms with van der Waals surface area (Å²) in [7, 11) is 0. The zero-order valence-electron chi connectivity index (χ0n) is 7.92. The van der Waals surface area contributed by atoms with Crippen LogP contribution in [0.1, 0.15) is 13.3 Å². The lowest BCUT2D eigenvalue weighted by Crippen LogP contribution is -2.50. The second-order valence-corrected chi connectivity index (χ2v) is 2.93. The molecule has 0 aliphatic rings. The molecule has 0 aromatic carbocycles. The smallest absolute Gasteiger partial charge is 0.320 e. The van der Waals surface area contributed by atoms with E-state index >= 15 is 0 Å². The standard InChI is InChI=1S/C7H8F8O/c1-2-3-16-7(14,15)4(5(8,9)10)6(11,12)13/h4H,2-3H2,1H3. The number of ether oxygens (including phenoxy) is 1. The van der Waals surface area contributed by atoms with Crippen molar-refractivity contribution in [3.8, 4) is 0 Å². The Labute approximate surface area is 85.4 Å². The Morgan fingerprint density at radius 2 is 1.25 bits per heavy atom. The Bertz CT molecular complexity index is 203. The third kappa shape index (κ3) is 4.11. The Morgan fingerprint density at radius 3 is 1.50 bits per heavy atom. The van der Waals surface area contributed by atoms with E-state index < -0.39 is 31.0 Å². The van der Waals surface area contributed by atoms with Gasteiger partial charge in [0.25, 0.3) is 0 Å². The van der Waals surface area contributed by atoms with Crippen LogP contribution in [0.3, 0.4) is 0 Å². The number of halogens is 8.